The van der Waals surface area contributed by atoms with Gasteiger partial charge in [0, 0.05) is 0 Å². The second-order valence-corrected chi connectivity index (χ2v) is 2.99. The van der Waals surface area contributed by atoms with E-state index in [9.17, 15) is 17.6 Å². The van der Waals surface area contributed by atoms with Crippen LogP contribution in [0.15, 0.2) is 30.3 Å². The summed E-state index contributed by atoms with van der Waals surface area (Å²) in [5.74, 6) is 0. The molecule has 1 aromatic rings. The van der Waals surface area contributed by atoms with Crippen LogP contribution in [0.1, 0.15) is 0 Å². The van der Waals surface area contributed by atoms with Gasteiger partial charge in [-0.1, -0.05) is 31.0 Å². The van der Waals surface area contributed by atoms with Crippen LogP contribution in [0.2, 0.25) is 0 Å². The van der Waals surface area contributed by atoms with Crippen molar-refractivity contribution in [2.75, 3.05) is 4.31 Å². The van der Waals surface area contributed by atoms with Gasteiger partial charge in [0.25, 0.3) is 6.30 Å². The van der Waals surface area contributed by atoms with Crippen LogP contribution < -0.4 is 4.31 Å². The highest BCUT2D eigenvalue weighted by molar-refractivity contribution is 7.81. The van der Waals surface area contributed by atoms with Gasteiger partial charge in [-0.25, -0.2) is 4.39 Å². The number of alkyl halides is 4. The van der Waals surface area contributed by atoms with Gasteiger partial charge in [0.05, 0.1) is 5.69 Å². The van der Waals surface area contributed by atoms with Gasteiger partial charge in [-0.05, 0) is 12.1 Å². The highest BCUT2D eigenvalue weighted by Crippen LogP contribution is 2.30. The summed E-state index contributed by atoms with van der Waals surface area (Å²) in [7, 11) is 0. The van der Waals surface area contributed by atoms with E-state index in [2.05, 4.69) is 12.8 Å². The lowest BCUT2D eigenvalue weighted by molar-refractivity contribution is -0.175. The zero-order valence-corrected chi connectivity index (χ0v) is 7.76. The topological polar surface area (TPSA) is 3.24 Å². The van der Waals surface area contributed by atoms with Gasteiger partial charge in [0.15, 0.2) is 0 Å². The minimum Gasteiger partial charge on any atom is -0.279 e. The third kappa shape index (κ3) is 2.54. The van der Waals surface area contributed by atoms with Gasteiger partial charge in [0.2, 0.25) is 0 Å². The van der Waals surface area contributed by atoms with Crippen molar-refractivity contribution in [1.29, 1.82) is 0 Å². The molecule has 1 rings (SSSR count). The minimum absolute atomic E-state index is 0.0562. The molecule has 0 aliphatic carbocycles. The van der Waals surface area contributed by atoms with E-state index in [1.807, 2.05) is 0 Å². The van der Waals surface area contributed by atoms with Gasteiger partial charge < -0.3 is 0 Å². The van der Waals surface area contributed by atoms with Crippen LogP contribution in [0, 0.1) is 0 Å². The molecule has 0 fully saturated rings. The first-order valence-electron chi connectivity index (χ1n) is 3.67. The Morgan fingerprint density at radius 1 is 1.14 bits per heavy atom. The zero-order valence-electron chi connectivity index (χ0n) is 6.87. The Bertz CT molecular complexity index is 287. The molecule has 78 valence electrons. The molecule has 0 aliphatic heterocycles. The fourth-order valence-corrected chi connectivity index (χ4v) is 1.11. The first-order chi connectivity index (χ1) is 6.43. The maximum Gasteiger partial charge on any atom is 0.439 e. The molecule has 1 atom stereocenters. The highest BCUT2D eigenvalue weighted by Gasteiger charge is 2.43. The Balaban J connectivity index is 2.81. The standard InChI is InChI=1S/C8H7F4NS/c9-7(8(10,11)12)13(14)6-4-2-1-3-5-6/h1-5,7,14H. The van der Waals surface area contributed by atoms with Crippen molar-refractivity contribution in [3.63, 3.8) is 0 Å². The minimum atomic E-state index is -4.93. The molecule has 6 heteroatoms. The predicted octanol–water partition coefficient (Wildman–Crippen LogP) is 3.20. The SMILES string of the molecule is FC(N(S)c1ccccc1)C(F)(F)F. The molecule has 0 aliphatic rings. The predicted molar refractivity (Wildman–Crippen MR) is 48.9 cm³/mol. The molecule has 0 saturated heterocycles. The Morgan fingerprint density at radius 3 is 2.07 bits per heavy atom. The molecule has 0 spiro atoms. The van der Waals surface area contributed by atoms with E-state index in [1.165, 1.54) is 24.3 Å². The average Bonchev–Trinajstić information content (AvgIpc) is 2.15. The molecule has 0 aromatic heterocycles. The quantitative estimate of drug-likeness (QED) is 0.459. The second-order valence-electron chi connectivity index (χ2n) is 2.56. The summed E-state index contributed by atoms with van der Waals surface area (Å²) < 4.78 is 48.7. The molecular weight excluding hydrogens is 218 g/mol. The van der Waals surface area contributed by atoms with E-state index >= 15 is 0 Å². The third-order valence-electron chi connectivity index (χ3n) is 1.51. The molecule has 0 N–H and O–H groups in total. The lowest BCUT2D eigenvalue weighted by Gasteiger charge is -2.23. The summed E-state index contributed by atoms with van der Waals surface area (Å²) in [6.45, 7) is 0. The Kier molecular flexibility index (Phi) is 3.25. The van der Waals surface area contributed by atoms with Crippen LogP contribution in [0.4, 0.5) is 23.2 Å². The smallest absolute Gasteiger partial charge is 0.279 e. The summed E-state index contributed by atoms with van der Waals surface area (Å²) >= 11 is 3.45. The van der Waals surface area contributed by atoms with E-state index in [1.54, 1.807) is 6.07 Å². The average molecular weight is 225 g/mol. The van der Waals surface area contributed by atoms with E-state index in [0.717, 1.165) is 0 Å². The van der Waals surface area contributed by atoms with Crippen LogP contribution in [-0.2, 0) is 0 Å². The molecule has 14 heavy (non-hydrogen) atoms. The number of para-hydroxylation sites is 1. The zero-order chi connectivity index (χ0) is 10.8. The largest absolute Gasteiger partial charge is 0.439 e. The number of thiol groups is 1. The van der Waals surface area contributed by atoms with E-state index in [-0.39, 0.29) is 9.99 Å². The summed E-state index contributed by atoms with van der Waals surface area (Å²) in [5.41, 5.74) is 0.0562. The number of anilines is 1. The maximum atomic E-state index is 12.7. The van der Waals surface area contributed by atoms with E-state index in [0.29, 0.717) is 0 Å². The highest BCUT2D eigenvalue weighted by atomic mass is 32.1. The lowest BCUT2D eigenvalue weighted by Crippen LogP contribution is -2.36. The molecule has 0 heterocycles. The summed E-state index contributed by atoms with van der Waals surface area (Å²) in [5, 5.41) is 0. The first-order valence-corrected chi connectivity index (χ1v) is 4.07. The number of rotatable bonds is 2. The Hall–Kier alpha value is -0.910. The number of benzene rings is 1. The van der Waals surface area contributed by atoms with Crippen molar-refractivity contribution in [2.45, 2.75) is 12.5 Å². The van der Waals surface area contributed by atoms with Crippen LogP contribution >= 0.6 is 12.8 Å². The van der Waals surface area contributed by atoms with Crippen molar-refractivity contribution >= 4 is 18.5 Å². The molecule has 0 radical (unpaired) electrons. The van der Waals surface area contributed by atoms with E-state index in [4.69, 9.17) is 0 Å². The maximum absolute atomic E-state index is 12.7. The van der Waals surface area contributed by atoms with Crippen LogP contribution in [0.5, 0.6) is 0 Å². The third-order valence-corrected chi connectivity index (χ3v) is 1.94. The Morgan fingerprint density at radius 2 is 1.64 bits per heavy atom. The summed E-state index contributed by atoms with van der Waals surface area (Å²) in [6, 6.07) is 7.30. The van der Waals surface area contributed by atoms with Gasteiger partial charge in [0.1, 0.15) is 0 Å². The molecule has 1 nitrogen and oxygen atoms in total. The van der Waals surface area contributed by atoms with Gasteiger partial charge in [-0.15, -0.1) is 0 Å². The van der Waals surface area contributed by atoms with Crippen molar-refractivity contribution in [3.05, 3.63) is 30.3 Å². The fourth-order valence-electron chi connectivity index (χ4n) is 0.850. The van der Waals surface area contributed by atoms with Gasteiger partial charge in [-0.2, -0.15) is 13.2 Å². The normalized spacial score (nSPS) is 13.8. The van der Waals surface area contributed by atoms with Crippen molar-refractivity contribution < 1.29 is 17.6 Å². The molecule has 0 saturated carbocycles. The Labute approximate surface area is 83.9 Å². The van der Waals surface area contributed by atoms with Crippen LogP contribution in [-0.4, -0.2) is 12.5 Å². The van der Waals surface area contributed by atoms with Crippen molar-refractivity contribution in [1.82, 2.24) is 0 Å². The molecule has 1 aromatic carbocycles. The van der Waals surface area contributed by atoms with Gasteiger partial charge in [-0.3, -0.25) is 4.31 Å². The van der Waals surface area contributed by atoms with Crippen molar-refractivity contribution in [3.8, 4) is 0 Å². The molecular formula is C8H7F4NS. The summed E-state index contributed by atoms with van der Waals surface area (Å²) in [6.07, 6.45) is -8.04. The van der Waals surface area contributed by atoms with Crippen LogP contribution in [0.25, 0.3) is 0 Å². The first kappa shape index (κ1) is 11.2. The van der Waals surface area contributed by atoms with Crippen molar-refractivity contribution in [2.24, 2.45) is 0 Å². The molecule has 1 unspecified atom stereocenters. The lowest BCUT2D eigenvalue weighted by atomic mass is 10.3. The second kappa shape index (κ2) is 4.08. The monoisotopic (exact) mass is 225 g/mol. The number of nitrogens with zero attached hydrogens (tertiary/aromatic N) is 1. The molecule has 0 amide bonds. The number of halogens is 4. The van der Waals surface area contributed by atoms with Crippen LogP contribution in [0.3, 0.4) is 0 Å². The number of hydrogen-bond donors (Lipinski definition) is 1. The van der Waals surface area contributed by atoms with E-state index < -0.39 is 12.5 Å². The fraction of sp³-hybridized carbons (Fsp3) is 0.250. The van der Waals surface area contributed by atoms with Gasteiger partial charge >= 0.3 is 6.18 Å². The number of hydrogen-bond acceptors (Lipinski definition) is 2. The summed E-state index contributed by atoms with van der Waals surface area (Å²) in [4.78, 5) is 0. The molecule has 0 bridgehead atoms.